The van der Waals surface area contributed by atoms with Gasteiger partial charge in [-0.2, -0.15) is 0 Å². The summed E-state index contributed by atoms with van der Waals surface area (Å²) in [6.45, 7) is 1.90. The molecule has 0 aliphatic carbocycles. The fourth-order valence-electron chi connectivity index (χ4n) is 0.918. The van der Waals surface area contributed by atoms with E-state index >= 15 is 0 Å². The molecule has 2 aromatic rings. The molecule has 15 heavy (non-hydrogen) atoms. The van der Waals surface area contributed by atoms with Crippen LogP contribution in [0.1, 0.15) is 5.01 Å². The van der Waals surface area contributed by atoms with Gasteiger partial charge in [0.1, 0.15) is 10.0 Å². The Morgan fingerprint density at radius 1 is 1.47 bits per heavy atom. The summed E-state index contributed by atoms with van der Waals surface area (Å²) in [7, 11) is 0. The molecule has 0 spiro atoms. The van der Waals surface area contributed by atoms with Gasteiger partial charge in [-0.05, 0) is 24.8 Å². The highest BCUT2D eigenvalue weighted by Gasteiger charge is 2.08. The Morgan fingerprint density at radius 2 is 2.27 bits per heavy atom. The Morgan fingerprint density at radius 3 is 2.87 bits per heavy atom. The zero-order chi connectivity index (χ0) is 10.8. The average molecular weight is 259 g/mol. The number of nitrogens with two attached hydrogens (primary N) is 1. The van der Waals surface area contributed by atoms with Gasteiger partial charge < -0.3 is 5.73 Å². The van der Waals surface area contributed by atoms with Crippen molar-refractivity contribution in [2.75, 3.05) is 5.73 Å². The van der Waals surface area contributed by atoms with Gasteiger partial charge in [0.05, 0.1) is 16.9 Å². The summed E-state index contributed by atoms with van der Waals surface area (Å²) in [5.74, 6) is 0. The largest absolute Gasteiger partial charge is 0.397 e. The third-order valence-electron chi connectivity index (χ3n) is 1.52. The molecule has 0 aromatic carbocycles. The van der Waals surface area contributed by atoms with Crippen LogP contribution in [-0.4, -0.2) is 15.2 Å². The fraction of sp³-hybridized carbons (Fsp3) is 0.125. The van der Waals surface area contributed by atoms with Crippen LogP contribution in [0.25, 0.3) is 0 Å². The van der Waals surface area contributed by atoms with Gasteiger partial charge >= 0.3 is 0 Å². The zero-order valence-electron chi connectivity index (χ0n) is 7.77. The van der Waals surface area contributed by atoms with Crippen molar-refractivity contribution in [1.82, 2.24) is 15.2 Å². The lowest BCUT2D eigenvalue weighted by Crippen LogP contribution is -1.88. The van der Waals surface area contributed by atoms with Crippen molar-refractivity contribution in [2.45, 2.75) is 16.3 Å². The maximum atomic E-state index is 5.98. The van der Waals surface area contributed by atoms with Gasteiger partial charge in [0.25, 0.3) is 0 Å². The number of pyridine rings is 1. The number of nitrogens with zero attached hydrogens (tertiary/aromatic N) is 3. The van der Waals surface area contributed by atoms with Crippen LogP contribution in [0, 0.1) is 6.92 Å². The predicted molar refractivity (Wildman–Crippen MR) is 62.4 cm³/mol. The molecule has 0 atom stereocenters. The molecular formula is C8H7ClN4S2. The van der Waals surface area contributed by atoms with Crippen LogP contribution in [0.3, 0.4) is 0 Å². The van der Waals surface area contributed by atoms with Gasteiger partial charge in [-0.3, -0.25) is 0 Å². The van der Waals surface area contributed by atoms with E-state index in [1.54, 1.807) is 12.3 Å². The summed E-state index contributed by atoms with van der Waals surface area (Å²) in [6, 6.07) is 1.67. The molecule has 0 fully saturated rings. The topological polar surface area (TPSA) is 64.7 Å². The van der Waals surface area contributed by atoms with E-state index in [-0.39, 0.29) is 0 Å². The minimum absolute atomic E-state index is 0.535. The molecule has 2 aromatic heterocycles. The second-order valence-corrected chi connectivity index (χ2v) is 5.57. The van der Waals surface area contributed by atoms with Gasteiger partial charge in [-0.25, -0.2) is 4.98 Å². The van der Waals surface area contributed by atoms with Crippen molar-refractivity contribution in [2.24, 2.45) is 0 Å². The smallest absolute Gasteiger partial charge is 0.180 e. The molecule has 2 rings (SSSR count). The van der Waals surface area contributed by atoms with E-state index in [0.29, 0.717) is 15.7 Å². The first-order valence-corrected chi connectivity index (χ1v) is 6.05. The van der Waals surface area contributed by atoms with Crippen molar-refractivity contribution in [3.8, 4) is 0 Å². The first-order valence-electron chi connectivity index (χ1n) is 4.04. The van der Waals surface area contributed by atoms with E-state index in [4.69, 9.17) is 17.3 Å². The molecule has 0 unspecified atom stereocenters. The molecule has 0 saturated carbocycles. The molecule has 0 aliphatic rings. The Labute approximate surface area is 99.9 Å². The Bertz CT molecular complexity index is 485. The standard InChI is InChI=1S/C8H7ClN4S2/c1-4-12-13-8(14-4)15-7-6(9)2-5(10)3-11-7/h2-3H,10H2,1H3. The molecule has 0 radical (unpaired) electrons. The van der Waals surface area contributed by atoms with Crippen LogP contribution in [-0.2, 0) is 0 Å². The van der Waals surface area contributed by atoms with Crippen LogP contribution in [0.2, 0.25) is 5.02 Å². The van der Waals surface area contributed by atoms with E-state index in [0.717, 1.165) is 9.35 Å². The van der Waals surface area contributed by atoms with Crippen LogP contribution in [0.15, 0.2) is 21.6 Å². The molecule has 4 nitrogen and oxygen atoms in total. The van der Waals surface area contributed by atoms with Crippen molar-refractivity contribution in [3.05, 3.63) is 22.3 Å². The first kappa shape index (κ1) is 10.7. The summed E-state index contributed by atoms with van der Waals surface area (Å²) in [5.41, 5.74) is 6.10. The molecule has 2 N–H and O–H groups in total. The van der Waals surface area contributed by atoms with Crippen molar-refractivity contribution in [1.29, 1.82) is 0 Å². The second-order valence-electron chi connectivity index (χ2n) is 2.74. The van der Waals surface area contributed by atoms with Gasteiger partial charge in [-0.1, -0.05) is 22.9 Å². The van der Waals surface area contributed by atoms with Gasteiger partial charge in [0.2, 0.25) is 0 Å². The molecule has 0 amide bonds. The lowest BCUT2D eigenvalue weighted by Gasteiger charge is -2.00. The summed E-state index contributed by atoms with van der Waals surface area (Å²) in [4.78, 5) is 4.13. The van der Waals surface area contributed by atoms with E-state index in [1.165, 1.54) is 23.1 Å². The average Bonchev–Trinajstić information content (AvgIpc) is 2.56. The fourth-order valence-corrected chi connectivity index (χ4v) is 2.90. The summed E-state index contributed by atoms with van der Waals surface area (Å²) in [5, 5.41) is 10.0. The van der Waals surface area contributed by atoms with E-state index in [2.05, 4.69) is 15.2 Å². The SMILES string of the molecule is Cc1nnc(Sc2ncc(N)cc2Cl)s1. The minimum atomic E-state index is 0.535. The third kappa shape index (κ3) is 2.58. The summed E-state index contributed by atoms with van der Waals surface area (Å²) >= 11 is 8.88. The van der Waals surface area contributed by atoms with Crippen LogP contribution < -0.4 is 5.73 Å². The number of anilines is 1. The number of hydrogen-bond acceptors (Lipinski definition) is 6. The number of aryl methyl sites for hydroxylation is 1. The van der Waals surface area contributed by atoms with Crippen molar-refractivity contribution in [3.63, 3.8) is 0 Å². The summed E-state index contributed by atoms with van der Waals surface area (Å²) in [6.07, 6.45) is 1.57. The number of rotatable bonds is 2. The van der Waals surface area contributed by atoms with E-state index in [9.17, 15) is 0 Å². The van der Waals surface area contributed by atoms with E-state index < -0.39 is 0 Å². The first-order chi connectivity index (χ1) is 7.15. The Kier molecular flexibility index (Phi) is 3.08. The minimum Gasteiger partial charge on any atom is -0.397 e. The maximum Gasteiger partial charge on any atom is 0.180 e. The Balaban J connectivity index is 2.24. The van der Waals surface area contributed by atoms with E-state index in [1.807, 2.05) is 6.92 Å². The maximum absolute atomic E-state index is 5.98. The highest BCUT2D eigenvalue weighted by atomic mass is 35.5. The summed E-state index contributed by atoms with van der Waals surface area (Å²) < 4.78 is 0.826. The molecule has 2 heterocycles. The van der Waals surface area contributed by atoms with Gasteiger partial charge in [0, 0.05) is 0 Å². The highest BCUT2D eigenvalue weighted by Crippen LogP contribution is 2.33. The van der Waals surface area contributed by atoms with Crippen molar-refractivity contribution >= 4 is 40.4 Å². The molecule has 0 aliphatic heterocycles. The zero-order valence-corrected chi connectivity index (χ0v) is 10.2. The molecular weight excluding hydrogens is 252 g/mol. The molecule has 0 saturated heterocycles. The van der Waals surface area contributed by atoms with Gasteiger partial charge in [-0.15, -0.1) is 10.2 Å². The number of hydrogen-bond donors (Lipinski definition) is 1. The van der Waals surface area contributed by atoms with Gasteiger partial charge in [0.15, 0.2) is 4.34 Å². The Hall–Kier alpha value is -0.850. The van der Waals surface area contributed by atoms with Crippen molar-refractivity contribution < 1.29 is 0 Å². The lowest BCUT2D eigenvalue weighted by atomic mass is 10.4. The molecule has 78 valence electrons. The van der Waals surface area contributed by atoms with Crippen LogP contribution in [0.5, 0.6) is 0 Å². The highest BCUT2D eigenvalue weighted by molar-refractivity contribution is 8.01. The third-order valence-corrected chi connectivity index (χ3v) is 3.83. The quantitative estimate of drug-likeness (QED) is 0.897. The van der Waals surface area contributed by atoms with Crippen LogP contribution in [0.4, 0.5) is 5.69 Å². The lowest BCUT2D eigenvalue weighted by molar-refractivity contribution is 0.981. The molecule has 7 heteroatoms. The molecule has 0 bridgehead atoms. The predicted octanol–water partition coefficient (Wildman–Crippen LogP) is 2.63. The normalized spacial score (nSPS) is 10.5. The number of nitrogen functional groups attached to an aromatic ring is 1. The number of aromatic nitrogens is 3. The monoisotopic (exact) mass is 258 g/mol. The number of halogens is 1. The van der Waals surface area contributed by atoms with Crippen LogP contribution >= 0.6 is 34.7 Å². The second kappa shape index (κ2) is 4.34.